The number of aliphatic carboxylic acids is 1. The maximum Gasteiger partial charge on any atom is 0.326 e. The fourth-order valence-electron chi connectivity index (χ4n) is 2.59. The fraction of sp³-hybridized carbons (Fsp3) is 0.857. The van der Waals surface area contributed by atoms with Crippen LogP contribution < -0.4 is 5.73 Å². The van der Waals surface area contributed by atoms with Gasteiger partial charge in [0.25, 0.3) is 0 Å². The summed E-state index contributed by atoms with van der Waals surface area (Å²) in [6, 6.07) is -0.625. The fourth-order valence-corrected chi connectivity index (χ4v) is 2.59. The Morgan fingerprint density at radius 1 is 1.26 bits per heavy atom. The van der Waals surface area contributed by atoms with Gasteiger partial charge in [0.1, 0.15) is 6.04 Å². The summed E-state index contributed by atoms with van der Waals surface area (Å²) >= 11 is 0. The van der Waals surface area contributed by atoms with E-state index in [9.17, 15) is 14.7 Å². The van der Waals surface area contributed by atoms with Crippen molar-refractivity contribution in [1.82, 2.24) is 4.90 Å². The molecular formula is C14H26N2O3. The van der Waals surface area contributed by atoms with Crippen LogP contribution in [0.25, 0.3) is 0 Å². The molecule has 1 fully saturated rings. The van der Waals surface area contributed by atoms with Gasteiger partial charge in [-0.2, -0.15) is 0 Å². The Bertz CT molecular complexity index is 307. The highest BCUT2D eigenvalue weighted by molar-refractivity contribution is 5.83. The molecule has 1 saturated heterocycles. The molecule has 0 spiro atoms. The molecular weight excluding hydrogens is 244 g/mol. The summed E-state index contributed by atoms with van der Waals surface area (Å²) in [5.41, 5.74) is 5.41. The van der Waals surface area contributed by atoms with Gasteiger partial charge in [-0.25, -0.2) is 4.79 Å². The smallest absolute Gasteiger partial charge is 0.326 e. The molecule has 0 aromatic rings. The maximum atomic E-state index is 12.1. The maximum absolute atomic E-state index is 12.1. The van der Waals surface area contributed by atoms with E-state index < -0.39 is 12.0 Å². The predicted octanol–water partition coefficient (Wildman–Crippen LogP) is 1.61. The van der Waals surface area contributed by atoms with E-state index in [1.165, 1.54) is 0 Å². The Morgan fingerprint density at radius 3 is 2.58 bits per heavy atom. The number of unbranched alkanes of at least 4 members (excludes halogenated alkanes) is 3. The van der Waals surface area contributed by atoms with Crippen molar-refractivity contribution < 1.29 is 14.7 Å². The molecule has 2 atom stereocenters. The molecule has 1 aliphatic heterocycles. The van der Waals surface area contributed by atoms with Gasteiger partial charge < -0.3 is 15.7 Å². The molecule has 3 N–H and O–H groups in total. The van der Waals surface area contributed by atoms with E-state index in [4.69, 9.17) is 5.73 Å². The van der Waals surface area contributed by atoms with Crippen LogP contribution in [0.3, 0.4) is 0 Å². The third-order valence-electron chi connectivity index (χ3n) is 3.81. The van der Waals surface area contributed by atoms with Crippen LogP contribution in [0.4, 0.5) is 0 Å². The number of carbonyl (C=O) groups is 2. The lowest BCUT2D eigenvalue weighted by Crippen LogP contribution is -2.49. The quantitative estimate of drug-likeness (QED) is 0.688. The first kappa shape index (κ1) is 16.0. The van der Waals surface area contributed by atoms with Gasteiger partial charge in [0.05, 0.1) is 0 Å². The average Bonchev–Trinajstić information content (AvgIpc) is 2.38. The second-order valence-corrected chi connectivity index (χ2v) is 5.52. The highest BCUT2D eigenvalue weighted by Gasteiger charge is 2.34. The number of hydrogen-bond acceptors (Lipinski definition) is 3. The Hall–Kier alpha value is -1.10. The van der Waals surface area contributed by atoms with Crippen molar-refractivity contribution in [3.63, 3.8) is 0 Å². The minimum Gasteiger partial charge on any atom is -0.480 e. The van der Waals surface area contributed by atoms with Crippen molar-refractivity contribution in [3.8, 4) is 0 Å². The number of carboxylic acid groups (broad SMARTS) is 1. The number of hydrogen-bond donors (Lipinski definition) is 2. The summed E-state index contributed by atoms with van der Waals surface area (Å²) in [6.45, 7) is 3.32. The van der Waals surface area contributed by atoms with Crippen molar-refractivity contribution in [3.05, 3.63) is 0 Å². The van der Waals surface area contributed by atoms with E-state index >= 15 is 0 Å². The van der Waals surface area contributed by atoms with Gasteiger partial charge in [0.2, 0.25) is 5.91 Å². The van der Waals surface area contributed by atoms with Gasteiger partial charge in [-0.15, -0.1) is 0 Å². The summed E-state index contributed by atoms with van der Waals surface area (Å²) in [5.74, 6) is -0.496. The second kappa shape index (κ2) is 8.15. The Labute approximate surface area is 115 Å². The van der Waals surface area contributed by atoms with E-state index in [0.29, 0.717) is 31.8 Å². The molecule has 5 heteroatoms. The third kappa shape index (κ3) is 5.19. The van der Waals surface area contributed by atoms with Crippen LogP contribution in [0.2, 0.25) is 0 Å². The summed E-state index contributed by atoms with van der Waals surface area (Å²) < 4.78 is 0. The highest BCUT2D eigenvalue weighted by atomic mass is 16.4. The molecule has 1 heterocycles. The molecule has 5 nitrogen and oxygen atoms in total. The third-order valence-corrected chi connectivity index (χ3v) is 3.81. The van der Waals surface area contributed by atoms with E-state index in [0.717, 1.165) is 32.1 Å². The summed E-state index contributed by atoms with van der Waals surface area (Å²) in [6.07, 6.45) is 5.80. The van der Waals surface area contributed by atoms with Crippen molar-refractivity contribution >= 4 is 11.9 Å². The van der Waals surface area contributed by atoms with Crippen molar-refractivity contribution in [2.45, 2.75) is 57.9 Å². The summed E-state index contributed by atoms with van der Waals surface area (Å²) in [4.78, 5) is 24.9. The first-order valence-electron chi connectivity index (χ1n) is 7.28. The Balaban J connectivity index is 2.38. The van der Waals surface area contributed by atoms with Crippen LogP contribution in [-0.2, 0) is 9.59 Å². The van der Waals surface area contributed by atoms with Gasteiger partial charge in [-0.05, 0) is 38.1 Å². The summed E-state index contributed by atoms with van der Waals surface area (Å²) in [7, 11) is 0. The largest absolute Gasteiger partial charge is 0.480 e. The molecule has 0 bridgehead atoms. The first-order chi connectivity index (χ1) is 9.06. The number of carboxylic acids is 1. The van der Waals surface area contributed by atoms with E-state index in [1.54, 1.807) is 4.90 Å². The summed E-state index contributed by atoms with van der Waals surface area (Å²) in [5, 5.41) is 9.21. The molecule has 19 heavy (non-hydrogen) atoms. The average molecular weight is 270 g/mol. The number of piperidine rings is 1. The van der Waals surface area contributed by atoms with Crippen LogP contribution in [0.15, 0.2) is 0 Å². The van der Waals surface area contributed by atoms with Crippen LogP contribution >= 0.6 is 0 Å². The molecule has 0 aromatic carbocycles. The lowest BCUT2D eigenvalue weighted by atomic mass is 9.92. The predicted molar refractivity (Wildman–Crippen MR) is 73.7 cm³/mol. The zero-order valence-electron chi connectivity index (χ0n) is 11.8. The molecule has 1 rings (SSSR count). The number of amides is 1. The minimum atomic E-state index is -0.872. The van der Waals surface area contributed by atoms with E-state index in [1.807, 2.05) is 6.92 Å². The molecule has 0 radical (unpaired) electrons. The molecule has 110 valence electrons. The monoisotopic (exact) mass is 270 g/mol. The lowest BCUT2D eigenvalue weighted by Gasteiger charge is -2.36. The second-order valence-electron chi connectivity index (χ2n) is 5.52. The van der Waals surface area contributed by atoms with Crippen molar-refractivity contribution in [1.29, 1.82) is 0 Å². The topological polar surface area (TPSA) is 83.6 Å². The molecule has 0 aromatic heterocycles. The number of nitrogens with zero attached hydrogens (tertiary/aromatic N) is 1. The zero-order valence-corrected chi connectivity index (χ0v) is 11.8. The van der Waals surface area contributed by atoms with E-state index in [-0.39, 0.29) is 5.91 Å². The molecule has 1 amide bonds. The van der Waals surface area contributed by atoms with Gasteiger partial charge >= 0.3 is 5.97 Å². The first-order valence-corrected chi connectivity index (χ1v) is 7.28. The van der Waals surface area contributed by atoms with Gasteiger partial charge in [-0.3, -0.25) is 4.79 Å². The van der Waals surface area contributed by atoms with Crippen LogP contribution in [0, 0.1) is 5.92 Å². The van der Waals surface area contributed by atoms with Crippen LogP contribution in [0.1, 0.15) is 51.9 Å². The van der Waals surface area contributed by atoms with Crippen molar-refractivity contribution in [2.75, 3.05) is 13.1 Å². The standard InChI is InChI=1S/C14H26N2O3/c1-11-7-9-16(12(10-11)14(18)19)13(17)6-4-2-3-5-8-15/h11-12H,2-10,15H2,1H3,(H,18,19). The van der Waals surface area contributed by atoms with Crippen LogP contribution in [0.5, 0.6) is 0 Å². The molecule has 1 aliphatic rings. The van der Waals surface area contributed by atoms with Gasteiger partial charge in [0, 0.05) is 13.0 Å². The minimum absolute atomic E-state index is 0.00736. The number of nitrogens with two attached hydrogens (primary N) is 1. The van der Waals surface area contributed by atoms with Crippen LogP contribution in [-0.4, -0.2) is 41.0 Å². The SMILES string of the molecule is CC1CCN(C(=O)CCCCCCN)C(C(=O)O)C1. The molecule has 0 aliphatic carbocycles. The number of likely N-dealkylation sites (tertiary alicyclic amines) is 1. The van der Waals surface area contributed by atoms with Gasteiger partial charge in [-0.1, -0.05) is 19.8 Å². The number of rotatable bonds is 7. The lowest BCUT2D eigenvalue weighted by molar-refractivity contribution is -0.153. The zero-order chi connectivity index (χ0) is 14.3. The Morgan fingerprint density at radius 2 is 1.95 bits per heavy atom. The molecule has 0 saturated carbocycles. The highest BCUT2D eigenvalue weighted by Crippen LogP contribution is 2.23. The Kier molecular flexibility index (Phi) is 6.84. The van der Waals surface area contributed by atoms with Gasteiger partial charge in [0.15, 0.2) is 0 Å². The van der Waals surface area contributed by atoms with E-state index in [2.05, 4.69) is 0 Å². The van der Waals surface area contributed by atoms with Crippen molar-refractivity contribution in [2.24, 2.45) is 11.7 Å². The normalized spacial score (nSPS) is 23.4. The number of carbonyl (C=O) groups excluding carboxylic acids is 1. The molecule has 2 unspecified atom stereocenters.